The molecule has 1 saturated carbocycles. The summed E-state index contributed by atoms with van der Waals surface area (Å²) in [4.78, 5) is 14.2. The molecule has 0 aromatic heterocycles. The van der Waals surface area contributed by atoms with E-state index >= 15 is 0 Å². The largest absolute Gasteiger partial charge is 0.383 e. The van der Waals surface area contributed by atoms with Crippen LogP contribution in [0.1, 0.15) is 18.4 Å². The molecule has 0 saturated heterocycles. The molecule has 1 N–H and O–H groups in total. The number of rotatable bonds is 7. The Labute approximate surface area is 119 Å². The van der Waals surface area contributed by atoms with Crippen LogP contribution in [-0.2, 0) is 9.53 Å². The zero-order valence-corrected chi connectivity index (χ0v) is 11.6. The van der Waals surface area contributed by atoms with E-state index in [1.165, 1.54) is 0 Å². The molecule has 0 heterocycles. The van der Waals surface area contributed by atoms with E-state index in [9.17, 15) is 4.79 Å². The Bertz CT molecular complexity index is 489. The van der Waals surface area contributed by atoms with Crippen LogP contribution in [0.25, 0.3) is 0 Å². The van der Waals surface area contributed by atoms with E-state index in [1.807, 2.05) is 0 Å². The van der Waals surface area contributed by atoms with Crippen molar-refractivity contribution in [3.05, 3.63) is 29.8 Å². The number of hydrogen-bond donors (Lipinski definition) is 1. The van der Waals surface area contributed by atoms with Crippen molar-refractivity contribution in [2.75, 3.05) is 32.1 Å². The Morgan fingerprint density at radius 1 is 1.45 bits per heavy atom. The van der Waals surface area contributed by atoms with E-state index in [4.69, 9.17) is 10.00 Å². The van der Waals surface area contributed by atoms with E-state index in [1.54, 1.807) is 31.4 Å². The Morgan fingerprint density at radius 3 is 2.70 bits per heavy atom. The highest BCUT2D eigenvalue weighted by Crippen LogP contribution is 2.26. The molecular formula is C15H19N3O2. The van der Waals surface area contributed by atoms with Gasteiger partial charge in [-0.05, 0) is 37.1 Å². The van der Waals surface area contributed by atoms with E-state index in [-0.39, 0.29) is 5.91 Å². The fourth-order valence-corrected chi connectivity index (χ4v) is 2.05. The van der Waals surface area contributed by atoms with Crippen molar-refractivity contribution < 1.29 is 9.53 Å². The minimum absolute atomic E-state index is 0.0299. The average Bonchev–Trinajstić information content (AvgIpc) is 3.29. The predicted octanol–water partition coefficient (Wildman–Crippen LogP) is 1.61. The van der Waals surface area contributed by atoms with Gasteiger partial charge in [-0.1, -0.05) is 0 Å². The third kappa shape index (κ3) is 4.34. The Kier molecular flexibility index (Phi) is 5.10. The van der Waals surface area contributed by atoms with Gasteiger partial charge in [-0.3, -0.25) is 9.69 Å². The number of anilines is 1. The van der Waals surface area contributed by atoms with Gasteiger partial charge in [0.25, 0.3) is 0 Å². The number of nitriles is 1. The van der Waals surface area contributed by atoms with Crippen LogP contribution in [0.15, 0.2) is 24.3 Å². The quantitative estimate of drug-likeness (QED) is 0.819. The van der Waals surface area contributed by atoms with Gasteiger partial charge < -0.3 is 10.1 Å². The van der Waals surface area contributed by atoms with Gasteiger partial charge >= 0.3 is 0 Å². The van der Waals surface area contributed by atoms with Gasteiger partial charge in [-0.2, -0.15) is 5.26 Å². The van der Waals surface area contributed by atoms with E-state index in [2.05, 4.69) is 16.3 Å². The van der Waals surface area contributed by atoms with Crippen molar-refractivity contribution >= 4 is 11.6 Å². The Hall–Kier alpha value is -1.90. The summed E-state index contributed by atoms with van der Waals surface area (Å²) in [6, 6.07) is 9.45. The normalized spacial score (nSPS) is 14.1. The molecule has 2 rings (SSSR count). The molecule has 1 aliphatic carbocycles. The molecule has 0 bridgehead atoms. The van der Waals surface area contributed by atoms with Crippen LogP contribution in [0.5, 0.6) is 0 Å². The summed E-state index contributed by atoms with van der Waals surface area (Å²) in [6.45, 7) is 1.80. The number of methoxy groups -OCH3 is 1. The third-order valence-corrected chi connectivity index (χ3v) is 3.29. The summed E-state index contributed by atoms with van der Waals surface area (Å²) in [7, 11) is 1.67. The molecule has 5 heteroatoms. The first kappa shape index (κ1) is 14.5. The minimum Gasteiger partial charge on any atom is -0.383 e. The molecular weight excluding hydrogens is 254 g/mol. The first-order valence-corrected chi connectivity index (χ1v) is 6.76. The van der Waals surface area contributed by atoms with Crippen LogP contribution in [0.2, 0.25) is 0 Å². The number of ether oxygens (including phenoxy) is 1. The predicted molar refractivity (Wildman–Crippen MR) is 76.3 cm³/mol. The average molecular weight is 273 g/mol. The fraction of sp³-hybridized carbons (Fsp3) is 0.467. The fourth-order valence-electron chi connectivity index (χ4n) is 2.05. The summed E-state index contributed by atoms with van der Waals surface area (Å²) < 4.78 is 5.07. The second-order valence-corrected chi connectivity index (χ2v) is 4.93. The minimum atomic E-state index is -0.0299. The standard InChI is InChI=1S/C15H19N3O2/c1-20-9-8-18(14-6-7-14)11-15(19)17-13-4-2-12(10-16)3-5-13/h2-5,14H,6-9,11H2,1H3,(H,17,19). The maximum Gasteiger partial charge on any atom is 0.238 e. The van der Waals surface area contributed by atoms with Crippen LogP contribution in [0.3, 0.4) is 0 Å². The van der Waals surface area contributed by atoms with Crippen molar-refractivity contribution in [2.24, 2.45) is 0 Å². The molecule has 0 unspecified atom stereocenters. The molecule has 0 atom stereocenters. The lowest BCUT2D eigenvalue weighted by molar-refractivity contribution is -0.117. The monoisotopic (exact) mass is 273 g/mol. The number of nitrogens with zero attached hydrogens (tertiary/aromatic N) is 2. The van der Waals surface area contributed by atoms with E-state index in [0.717, 1.165) is 25.1 Å². The molecule has 5 nitrogen and oxygen atoms in total. The maximum absolute atomic E-state index is 12.0. The topological polar surface area (TPSA) is 65.4 Å². The van der Waals surface area contributed by atoms with Crippen LogP contribution >= 0.6 is 0 Å². The van der Waals surface area contributed by atoms with Gasteiger partial charge in [0.2, 0.25) is 5.91 Å². The highest BCUT2D eigenvalue weighted by atomic mass is 16.5. The molecule has 106 valence electrons. The lowest BCUT2D eigenvalue weighted by Gasteiger charge is -2.20. The van der Waals surface area contributed by atoms with Crippen molar-refractivity contribution in [3.8, 4) is 6.07 Å². The molecule has 20 heavy (non-hydrogen) atoms. The zero-order valence-electron chi connectivity index (χ0n) is 11.6. The molecule has 0 aliphatic heterocycles. The molecule has 0 radical (unpaired) electrons. The molecule has 1 aliphatic rings. The molecule has 1 fully saturated rings. The Morgan fingerprint density at radius 2 is 2.15 bits per heavy atom. The van der Waals surface area contributed by atoms with Crippen LogP contribution < -0.4 is 5.32 Å². The summed E-state index contributed by atoms with van der Waals surface area (Å²) >= 11 is 0. The molecule has 0 spiro atoms. The van der Waals surface area contributed by atoms with Crippen molar-refractivity contribution in [1.82, 2.24) is 4.90 Å². The van der Waals surface area contributed by atoms with Crippen molar-refractivity contribution in [1.29, 1.82) is 5.26 Å². The number of amides is 1. The summed E-state index contributed by atoms with van der Waals surface area (Å²) in [5.74, 6) is -0.0299. The number of benzene rings is 1. The van der Waals surface area contributed by atoms with Crippen molar-refractivity contribution in [3.63, 3.8) is 0 Å². The number of carbonyl (C=O) groups excluding carboxylic acids is 1. The Balaban J connectivity index is 1.85. The highest BCUT2D eigenvalue weighted by Gasteiger charge is 2.29. The smallest absolute Gasteiger partial charge is 0.238 e. The highest BCUT2D eigenvalue weighted by molar-refractivity contribution is 5.92. The van der Waals surface area contributed by atoms with E-state index in [0.29, 0.717) is 24.8 Å². The first-order chi connectivity index (χ1) is 9.72. The van der Waals surface area contributed by atoms with Gasteiger partial charge in [0.1, 0.15) is 0 Å². The van der Waals surface area contributed by atoms with Gasteiger partial charge in [0.15, 0.2) is 0 Å². The summed E-state index contributed by atoms with van der Waals surface area (Å²) in [5, 5.41) is 11.6. The second-order valence-electron chi connectivity index (χ2n) is 4.93. The van der Waals surface area contributed by atoms with Crippen LogP contribution in [0.4, 0.5) is 5.69 Å². The summed E-state index contributed by atoms with van der Waals surface area (Å²) in [5.41, 5.74) is 1.30. The third-order valence-electron chi connectivity index (χ3n) is 3.29. The van der Waals surface area contributed by atoms with Crippen LogP contribution in [0, 0.1) is 11.3 Å². The van der Waals surface area contributed by atoms with Gasteiger partial charge in [-0.25, -0.2) is 0 Å². The number of carbonyl (C=O) groups is 1. The van der Waals surface area contributed by atoms with E-state index < -0.39 is 0 Å². The van der Waals surface area contributed by atoms with Crippen LogP contribution in [-0.4, -0.2) is 43.7 Å². The first-order valence-electron chi connectivity index (χ1n) is 6.76. The number of hydrogen-bond acceptors (Lipinski definition) is 4. The molecule has 1 aromatic carbocycles. The van der Waals surface area contributed by atoms with Gasteiger partial charge in [0, 0.05) is 25.4 Å². The van der Waals surface area contributed by atoms with Crippen molar-refractivity contribution in [2.45, 2.75) is 18.9 Å². The zero-order chi connectivity index (χ0) is 14.4. The number of nitrogens with one attached hydrogen (secondary N) is 1. The van der Waals surface area contributed by atoms with Gasteiger partial charge in [-0.15, -0.1) is 0 Å². The lowest BCUT2D eigenvalue weighted by Crippen LogP contribution is -2.37. The molecule has 1 aromatic rings. The SMILES string of the molecule is COCCN(CC(=O)Nc1ccc(C#N)cc1)C1CC1. The molecule has 1 amide bonds. The van der Waals surface area contributed by atoms with Gasteiger partial charge in [0.05, 0.1) is 24.8 Å². The second kappa shape index (κ2) is 7.04. The lowest BCUT2D eigenvalue weighted by atomic mass is 10.2. The maximum atomic E-state index is 12.0. The summed E-state index contributed by atoms with van der Waals surface area (Å²) in [6.07, 6.45) is 2.32.